The molecule has 1 rings (SSSR count). The molecular formula is C13H18Cl2. The van der Waals surface area contributed by atoms with Crippen molar-refractivity contribution in [2.45, 2.75) is 32.6 Å². The molecule has 0 aliphatic heterocycles. The quantitative estimate of drug-likeness (QED) is 0.633. The molecule has 2 unspecified atom stereocenters. The van der Waals surface area contributed by atoms with Gasteiger partial charge in [0.2, 0.25) is 0 Å². The Morgan fingerprint density at radius 2 is 2.07 bits per heavy atom. The van der Waals surface area contributed by atoms with E-state index in [4.69, 9.17) is 23.2 Å². The van der Waals surface area contributed by atoms with Gasteiger partial charge in [-0.1, -0.05) is 44.0 Å². The van der Waals surface area contributed by atoms with Crippen LogP contribution in [0, 0.1) is 5.92 Å². The van der Waals surface area contributed by atoms with Gasteiger partial charge in [0.1, 0.15) is 0 Å². The lowest BCUT2D eigenvalue weighted by Crippen LogP contribution is -2.06. The first kappa shape index (κ1) is 12.9. The van der Waals surface area contributed by atoms with Crippen molar-refractivity contribution in [1.82, 2.24) is 0 Å². The van der Waals surface area contributed by atoms with Gasteiger partial charge in [0, 0.05) is 10.9 Å². The molecule has 0 aromatic heterocycles. The second-order valence-corrected chi connectivity index (χ2v) is 4.90. The fourth-order valence-electron chi connectivity index (χ4n) is 1.70. The largest absolute Gasteiger partial charge is 0.126 e. The fourth-order valence-corrected chi connectivity index (χ4v) is 2.20. The molecule has 0 fully saturated rings. The van der Waals surface area contributed by atoms with E-state index in [1.54, 1.807) is 0 Å². The molecule has 0 amide bonds. The zero-order chi connectivity index (χ0) is 11.3. The van der Waals surface area contributed by atoms with Crippen LogP contribution in [0.1, 0.15) is 38.2 Å². The summed E-state index contributed by atoms with van der Waals surface area (Å²) in [5, 5.41) is 0.798. The van der Waals surface area contributed by atoms with Crippen LogP contribution >= 0.6 is 23.2 Å². The van der Waals surface area contributed by atoms with Gasteiger partial charge in [0.15, 0.2) is 0 Å². The van der Waals surface area contributed by atoms with Crippen LogP contribution in [0.25, 0.3) is 0 Å². The molecule has 0 N–H and O–H groups in total. The Morgan fingerprint density at radius 3 is 2.60 bits per heavy atom. The summed E-state index contributed by atoms with van der Waals surface area (Å²) in [4.78, 5) is 0. The number of rotatable bonds is 5. The number of hydrogen-bond acceptors (Lipinski definition) is 0. The standard InChI is InChI=1S/C13H18Cl2/c1-3-10(2)7-12(9-14)11-5-4-6-13(15)8-11/h4-6,8,10,12H,3,7,9H2,1-2H3. The maximum absolute atomic E-state index is 6.01. The second kappa shape index (κ2) is 6.40. The van der Waals surface area contributed by atoms with Crippen molar-refractivity contribution >= 4 is 23.2 Å². The summed E-state index contributed by atoms with van der Waals surface area (Å²) >= 11 is 12.0. The third-order valence-electron chi connectivity index (χ3n) is 2.89. The van der Waals surface area contributed by atoms with E-state index in [0.29, 0.717) is 17.7 Å². The fraction of sp³-hybridized carbons (Fsp3) is 0.538. The van der Waals surface area contributed by atoms with Crippen molar-refractivity contribution in [3.8, 4) is 0 Å². The highest BCUT2D eigenvalue weighted by Crippen LogP contribution is 2.28. The molecule has 2 heteroatoms. The summed E-state index contributed by atoms with van der Waals surface area (Å²) in [5.74, 6) is 1.82. The van der Waals surface area contributed by atoms with Gasteiger partial charge in [-0.05, 0) is 36.0 Å². The minimum Gasteiger partial charge on any atom is -0.126 e. The van der Waals surface area contributed by atoms with Crippen LogP contribution in [0.4, 0.5) is 0 Å². The van der Waals surface area contributed by atoms with E-state index in [1.807, 2.05) is 18.2 Å². The normalized spacial score (nSPS) is 14.9. The first-order chi connectivity index (χ1) is 7.17. The zero-order valence-corrected chi connectivity index (χ0v) is 10.9. The van der Waals surface area contributed by atoms with E-state index in [1.165, 1.54) is 12.0 Å². The maximum atomic E-state index is 6.01. The van der Waals surface area contributed by atoms with E-state index >= 15 is 0 Å². The zero-order valence-electron chi connectivity index (χ0n) is 9.34. The van der Waals surface area contributed by atoms with Crippen molar-refractivity contribution in [2.75, 3.05) is 5.88 Å². The monoisotopic (exact) mass is 244 g/mol. The number of benzene rings is 1. The Bertz CT molecular complexity index is 296. The van der Waals surface area contributed by atoms with Gasteiger partial charge in [-0.15, -0.1) is 11.6 Å². The highest BCUT2D eigenvalue weighted by Gasteiger charge is 2.13. The molecule has 1 aromatic carbocycles. The summed E-state index contributed by atoms with van der Waals surface area (Å²) in [6.07, 6.45) is 2.34. The molecule has 0 saturated carbocycles. The van der Waals surface area contributed by atoms with Crippen LogP contribution in [0.3, 0.4) is 0 Å². The van der Waals surface area contributed by atoms with Gasteiger partial charge in [-0.3, -0.25) is 0 Å². The molecule has 0 bridgehead atoms. The summed E-state index contributed by atoms with van der Waals surface area (Å²) < 4.78 is 0. The van der Waals surface area contributed by atoms with Crippen molar-refractivity contribution in [2.24, 2.45) is 5.92 Å². The highest BCUT2D eigenvalue weighted by atomic mass is 35.5. The van der Waals surface area contributed by atoms with Gasteiger partial charge in [-0.2, -0.15) is 0 Å². The summed E-state index contributed by atoms with van der Waals surface area (Å²) in [5.41, 5.74) is 1.26. The lowest BCUT2D eigenvalue weighted by atomic mass is 9.90. The molecule has 2 atom stereocenters. The predicted molar refractivity (Wildman–Crippen MR) is 69.0 cm³/mol. The molecule has 84 valence electrons. The molecule has 0 heterocycles. The first-order valence-corrected chi connectivity index (χ1v) is 6.40. The number of halogens is 2. The number of alkyl halides is 1. The third kappa shape index (κ3) is 4.04. The van der Waals surface area contributed by atoms with Crippen molar-refractivity contribution in [1.29, 1.82) is 0 Å². The first-order valence-electron chi connectivity index (χ1n) is 5.48. The topological polar surface area (TPSA) is 0 Å². The second-order valence-electron chi connectivity index (χ2n) is 4.16. The van der Waals surface area contributed by atoms with Crippen LogP contribution in [0.5, 0.6) is 0 Å². The highest BCUT2D eigenvalue weighted by molar-refractivity contribution is 6.30. The van der Waals surface area contributed by atoms with Gasteiger partial charge in [0.05, 0.1) is 0 Å². The Labute approximate surface area is 103 Å². The molecule has 0 aliphatic rings. The lowest BCUT2D eigenvalue weighted by Gasteiger charge is -2.18. The summed E-state index contributed by atoms with van der Waals surface area (Å²) in [6, 6.07) is 8.03. The molecule has 1 aromatic rings. The maximum Gasteiger partial charge on any atom is 0.0408 e. The lowest BCUT2D eigenvalue weighted by molar-refractivity contribution is 0.473. The molecule has 0 aliphatic carbocycles. The van der Waals surface area contributed by atoms with Crippen molar-refractivity contribution in [3.05, 3.63) is 34.9 Å². The van der Waals surface area contributed by atoms with E-state index in [-0.39, 0.29) is 0 Å². The van der Waals surface area contributed by atoms with E-state index in [2.05, 4.69) is 19.9 Å². The van der Waals surface area contributed by atoms with Gasteiger partial charge >= 0.3 is 0 Å². The Kier molecular flexibility index (Phi) is 5.49. The predicted octanol–water partition coefficient (Wildman–Crippen LogP) is 5.10. The average molecular weight is 245 g/mol. The SMILES string of the molecule is CCC(C)CC(CCl)c1cccc(Cl)c1. The Hall–Kier alpha value is -0.200. The minimum atomic E-state index is 0.431. The minimum absolute atomic E-state index is 0.431. The Balaban J connectivity index is 2.73. The molecule has 0 spiro atoms. The van der Waals surface area contributed by atoms with E-state index in [0.717, 1.165) is 11.4 Å². The summed E-state index contributed by atoms with van der Waals surface area (Å²) in [7, 11) is 0. The van der Waals surface area contributed by atoms with E-state index in [9.17, 15) is 0 Å². The van der Waals surface area contributed by atoms with Crippen LogP contribution in [0.15, 0.2) is 24.3 Å². The van der Waals surface area contributed by atoms with Crippen LogP contribution in [-0.2, 0) is 0 Å². The Morgan fingerprint density at radius 1 is 1.33 bits per heavy atom. The molecular weight excluding hydrogens is 227 g/mol. The van der Waals surface area contributed by atoms with E-state index < -0.39 is 0 Å². The summed E-state index contributed by atoms with van der Waals surface area (Å²) in [6.45, 7) is 4.48. The van der Waals surface area contributed by atoms with Gasteiger partial charge in [-0.25, -0.2) is 0 Å². The number of hydrogen-bond donors (Lipinski definition) is 0. The molecule has 15 heavy (non-hydrogen) atoms. The van der Waals surface area contributed by atoms with Crippen molar-refractivity contribution in [3.63, 3.8) is 0 Å². The van der Waals surface area contributed by atoms with Crippen LogP contribution < -0.4 is 0 Å². The van der Waals surface area contributed by atoms with Crippen molar-refractivity contribution < 1.29 is 0 Å². The average Bonchev–Trinajstić information content (AvgIpc) is 2.25. The third-order valence-corrected chi connectivity index (χ3v) is 3.50. The van der Waals surface area contributed by atoms with Gasteiger partial charge < -0.3 is 0 Å². The molecule has 0 radical (unpaired) electrons. The van der Waals surface area contributed by atoms with Crippen LogP contribution in [-0.4, -0.2) is 5.88 Å². The smallest absolute Gasteiger partial charge is 0.0408 e. The molecule has 0 nitrogen and oxygen atoms in total. The van der Waals surface area contributed by atoms with Crippen LogP contribution in [0.2, 0.25) is 5.02 Å². The molecule has 0 saturated heterocycles. The van der Waals surface area contributed by atoms with Gasteiger partial charge in [0.25, 0.3) is 0 Å².